The number of aryl methyl sites for hydroxylation is 4. The fourth-order valence-electron chi connectivity index (χ4n) is 1.73. The molecule has 0 N–H and O–H groups in total. The topological polar surface area (TPSA) is 30.7 Å². The van der Waals surface area contributed by atoms with Gasteiger partial charge < -0.3 is 0 Å². The van der Waals surface area contributed by atoms with Crippen LogP contribution >= 0.6 is 15.9 Å². The van der Waals surface area contributed by atoms with Crippen LogP contribution in [0.1, 0.15) is 23.7 Å². The van der Waals surface area contributed by atoms with Gasteiger partial charge in [0.1, 0.15) is 0 Å². The number of aromatic nitrogens is 3. The predicted octanol–water partition coefficient (Wildman–Crippen LogP) is 3.15. The van der Waals surface area contributed by atoms with Gasteiger partial charge in [-0.2, -0.15) is 0 Å². The molecule has 0 bridgehead atoms. The zero-order chi connectivity index (χ0) is 12.3. The van der Waals surface area contributed by atoms with Crippen LogP contribution in [0, 0.1) is 6.92 Å². The first-order chi connectivity index (χ1) is 8.19. The first kappa shape index (κ1) is 12.3. The Bertz CT molecular complexity index is 505. The fourth-order valence-corrected chi connectivity index (χ4v) is 2.42. The highest BCUT2D eigenvalue weighted by Gasteiger charge is 2.03. The van der Waals surface area contributed by atoms with Gasteiger partial charge in [-0.25, -0.2) is 0 Å². The SMILES string of the molecule is CCn1cc(CCc2ccc(C)cc2Br)nn1. The van der Waals surface area contributed by atoms with Gasteiger partial charge in [0.25, 0.3) is 0 Å². The summed E-state index contributed by atoms with van der Waals surface area (Å²) in [4.78, 5) is 0. The second kappa shape index (κ2) is 5.45. The number of rotatable bonds is 4. The summed E-state index contributed by atoms with van der Waals surface area (Å²) in [6, 6.07) is 6.46. The van der Waals surface area contributed by atoms with Crippen LogP contribution in [0.2, 0.25) is 0 Å². The molecule has 1 aromatic heterocycles. The van der Waals surface area contributed by atoms with Crippen LogP contribution in [-0.2, 0) is 19.4 Å². The van der Waals surface area contributed by atoms with E-state index in [9.17, 15) is 0 Å². The molecule has 3 nitrogen and oxygen atoms in total. The van der Waals surface area contributed by atoms with Gasteiger partial charge in [-0.3, -0.25) is 4.68 Å². The molecule has 0 atom stereocenters. The van der Waals surface area contributed by atoms with Gasteiger partial charge in [-0.05, 0) is 43.9 Å². The average Bonchev–Trinajstić information content (AvgIpc) is 2.76. The minimum absolute atomic E-state index is 0.876. The zero-order valence-corrected chi connectivity index (χ0v) is 11.7. The van der Waals surface area contributed by atoms with Crippen LogP contribution in [0.3, 0.4) is 0 Å². The molecule has 0 aliphatic rings. The quantitative estimate of drug-likeness (QED) is 0.867. The lowest BCUT2D eigenvalue weighted by Crippen LogP contribution is -1.94. The zero-order valence-electron chi connectivity index (χ0n) is 10.2. The Morgan fingerprint density at radius 1 is 1.29 bits per heavy atom. The molecule has 0 fully saturated rings. The monoisotopic (exact) mass is 293 g/mol. The second-order valence-electron chi connectivity index (χ2n) is 4.16. The molecule has 0 saturated heterocycles. The molecule has 0 saturated carbocycles. The summed E-state index contributed by atoms with van der Waals surface area (Å²) in [7, 11) is 0. The van der Waals surface area contributed by atoms with Crippen molar-refractivity contribution in [3.63, 3.8) is 0 Å². The van der Waals surface area contributed by atoms with Crippen molar-refractivity contribution >= 4 is 15.9 Å². The molecule has 1 heterocycles. The van der Waals surface area contributed by atoms with Gasteiger partial charge in [0.05, 0.1) is 5.69 Å². The lowest BCUT2D eigenvalue weighted by atomic mass is 10.1. The summed E-state index contributed by atoms with van der Waals surface area (Å²) in [5, 5.41) is 8.19. The van der Waals surface area contributed by atoms with Crippen molar-refractivity contribution in [2.45, 2.75) is 33.2 Å². The largest absolute Gasteiger partial charge is 0.253 e. The highest BCUT2D eigenvalue weighted by Crippen LogP contribution is 2.19. The first-order valence-electron chi connectivity index (χ1n) is 5.83. The number of halogens is 1. The highest BCUT2D eigenvalue weighted by molar-refractivity contribution is 9.10. The van der Waals surface area contributed by atoms with E-state index in [1.165, 1.54) is 15.6 Å². The van der Waals surface area contributed by atoms with Crippen LogP contribution in [0.4, 0.5) is 0 Å². The summed E-state index contributed by atoms with van der Waals surface area (Å²) < 4.78 is 3.04. The van der Waals surface area contributed by atoms with Gasteiger partial charge in [0, 0.05) is 17.2 Å². The maximum Gasteiger partial charge on any atom is 0.0830 e. The molecule has 2 rings (SSSR count). The predicted molar refractivity (Wildman–Crippen MR) is 72.0 cm³/mol. The molecule has 17 heavy (non-hydrogen) atoms. The summed E-state index contributed by atoms with van der Waals surface area (Å²) in [5.41, 5.74) is 3.65. The molecule has 0 unspecified atom stereocenters. The molecule has 2 aromatic rings. The summed E-state index contributed by atoms with van der Waals surface area (Å²) >= 11 is 3.60. The highest BCUT2D eigenvalue weighted by atomic mass is 79.9. The van der Waals surface area contributed by atoms with Gasteiger partial charge >= 0.3 is 0 Å². The van der Waals surface area contributed by atoms with Crippen molar-refractivity contribution in [1.82, 2.24) is 15.0 Å². The molecule has 0 aliphatic carbocycles. The normalized spacial score (nSPS) is 10.8. The van der Waals surface area contributed by atoms with E-state index in [2.05, 4.69) is 58.3 Å². The van der Waals surface area contributed by atoms with Crippen molar-refractivity contribution < 1.29 is 0 Å². The molecular weight excluding hydrogens is 278 g/mol. The van der Waals surface area contributed by atoms with E-state index in [1.807, 2.05) is 10.9 Å². The maximum absolute atomic E-state index is 4.15. The van der Waals surface area contributed by atoms with E-state index >= 15 is 0 Å². The van der Waals surface area contributed by atoms with E-state index in [-0.39, 0.29) is 0 Å². The summed E-state index contributed by atoms with van der Waals surface area (Å²) in [6.07, 6.45) is 3.94. The van der Waals surface area contributed by atoms with Crippen LogP contribution in [-0.4, -0.2) is 15.0 Å². The smallest absolute Gasteiger partial charge is 0.0830 e. The van der Waals surface area contributed by atoms with Crippen molar-refractivity contribution in [2.75, 3.05) is 0 Å². The van der Waals surface area contributed by atoms with Crippen molar-refractivity contribution in [1.29, 1.82) is 0 Å². The lowest BCUT2D eigenvalue weighted by molar-refractivity contribution is 0.626. The molecule has 0 amide bonds. The Labute approximate surface area is 110 Å². The standard InChI is InChI=1S/C13H16BrN3/c1-3-17-9-12(15-16-17)7-6-11-5-4-10(2)8-13(11)14/h4-5,8-9H,3,6-7H2,1-2H3. The molecule has 90 valence electrons. The minimum Gasteiger partial charge on any atom is -0.253 e. The molecular formula is C13H16BrN3. The Morgan fingerprint density at radius 2 is 2.12 bits per heavy atom. The summed E-state index contributed by atoms with van der Waals surface area (Å²) in [6.45, 7) is 5.04. The van der Waals surface area contributed by atoms with Crippen molar-refractivity contribution in [3.8, 4) is 0 Å². The van der Waals surface area contributed by atoms with Crippen LogP contribution in [0.25, 0.3) is 0 Å². The Kier molecular flexibility index (Phi) is 3.94. The van der Waals surface area contributed by atoms with Crippen LogP contribution in [0.5, 0.6) is 0 Å². The average molecular weight is 294 g/mol. The second-order valence-corrected chi connectivity index (χ2v) is 5.01. The van der Waals surface area contributed by atoms with Crippen LogP contribution < -0.4 is 0 Å². The number of benzene rings is 1. The number of hydrogen-bond acceptors (Lipinski definition) is 2. The maximum atomic E-state index is 4.15. The van der Waals surface area contributed by atoms with Gasteiger partial charge in [-0.1, -0.05) is 33.3 Å². The van der Waals surface area contributed by atoms with Gasteiger partial charge in [0.2, 0.25) is 0 Å². The molecule has 1 aromatic carbocycles. The number of hydrogen-bond donors (Lipinski definition) is 0. The molecule has 4 heteroatoms. The summed E-state index contributed by atoms with van der Waals surface area (Å²) in [5.74, 6) is 0. The number of nitrogens with zero attached hydrogens (tertiary/aromatic N) is 3. The van der Waals surface area contributed by atoms with E-state index in [0.29, 0.717) is 0 Å². The fraction of sp³-hybridized carbons (Fsp3) is 0.385. The van der Waals surface area contributed by atoms with Crippen molar-refractivity contribution in [3.05, 3.63) is 45.7 Å². The van der Waals surface area contributed by atoms with E-state index in [1.54, 1.807) is 0 Å². The Balaban J connectivity index is 2.02. The van der Waals surface area contributed by atoms with E-state index in [0.717, 1.165) is 25.1 Å². The minimum atomic E-state index is 0.876. The molecule has 0 spiro atoms. The Hall–Kier alpha value is -1.16. The third-order valence-electron chi connectivity index (χ3n) is 2.77. The lowest BCUT2D eigenvalue weighted by Gasteiger charge is -2.03. The third-order valence-corrected chi connectivity index (χ3v) is 3.51. The van der Waals surface area contributed by atoms with Gasteiger partial charge in [-0.15, -0.1) is 5.10 Å². The first-order valence-corrected chi connectivity index (χ1v) is 6.62. The Morgan fingerprint density at radius 3 is 2.76 bits per heavy atom. The van der Waals surface area contributed by atoms with Gasteiger partial charge in [0.15, 0.2) is 0 Å². The third kappa shape index (κ3) is 3.16. The molecule has 0 radical (unpaired) electrons. The van der Waals surface area contributed by atoms with E-state index in [4.69, 9.17) is 0 Å². The van der Waals surface area contributed by atoms with Crippen LogP contribution in [0.15, 0.2) is 28.9 Å². The molecule has 0 aliphatic heterocycles. The van der Waals surface area contributed by atoms with Crippen molar-refractivity contribution in [2.24, 2.45) is 0 Å². The van der Waals surface area contributed by atoms with E-state index < -0.39 is 0 Å².